The molecule has 4 heteroatoms. The molecule has 0 spiro atoms. The first kappa shape index (κ1) is 16.5. The highest BCUT2D eigenvalue weighted by Gasteiger charge is 2.14. The molecule has 3 N–H and O–H groups in total. The minimum Gasteiger partial charge on any atom is -0.490 e. The fourth-order valence-electron chi connectivity index (χ4n) is 1.99. The lowest BCUT2D eigenvalue weighted by atomic mass is 9.98. The molecule has 1 rings (SSSR count). The monoisotopic (exact) mass is 278 g/mol. The van der Waals surface area contributed by atoms with Crippen LogP contribution in [0.2, 0.25) is 0 Å². The molecule has 112 valence electrons. The summed E-state index contributed by atoms with van der Waals surface area (Å²) in [4.78, 5) is 0. The van der Waals surface area contributed by atoms with Crippen LogP contribution >= 0.6 is 0 Å². The molecule has 0 aromatic heterocycles. The van der Waals surface area contributed by atoms with Crippen molar-refractivity contribution in [2.24, 2.45) is 5.84 Å². The first-order valence-electron chi connectivity index (χ1n) is 7.18. The molecular weight excluding hydrogens is 252 g/mol. The maximum atomic E-state index is 5.67. The molecule has 1 aromatic carbocycles. The van der Waals surface area contributed by atoms with E-state index >= 15 is 0 Å². The molecule has 0 heterocycles. The Balaban J connectivity index is 2.98. The lowest BCUT2D eigenvalue weighted by Gasteiger charge is -2.19. The van der Waals surface area contributed by atoms with E-state index in [1.165, 1.54) is 5.57 Å². The third-order valence-corrected chi connectivity index (χ3v) is 3.16. The standard InChI is InChI=1S/C16H26N2O2/c1-5-12(4)10-14(18-17)13-8-9-15(19-6-2)16(11-13)20-7-3/h8-9,11,14,18H,4-7,10,17H2,1-3H3. The molecule has 0 amide bonds. The number of benzene rings is 1. The Morgan fingerprint density at radius 1 is 1.20 bits per heavy atom. The predicted molar refractivity (Wildman–Crippen MR) is 82.9 cm³/mol. The summed E-state index contributed by atoms with van der Waals surface area (Å²) in [5, 5.41) is 0. The van der Waals surface area contributed by atoms with Gasteiger partial charge in [0.05, 0.1) is 13.2 Å². The maximum Gasteiger partial charge on any atom is 0.161 e. The van der Waals surface area contributed by atoms with Crippen LogP contribution < -0.4 is 20.7 Å². The second-order valence-electron chi connectivity index (χ2n) is 4.60. The Morgan fingerprint density at radius 3 is 2.40 bits per heavy atom. The molecule has 0 bridgehead atoms. The molecule has 0 saturated heterocycles. The SMILES string of the molecule is C=C(CC)CC(NN)c1ccc(OCC)c(OCC)c1. The van der Waals surface area contributed by atoms with Crippen LogP contribution in [0.4, 0.5) is 0 Å². The van der Waals surface area contributed by atoms with Crippen molar-refractivity contribution in [1.29, 1.82) is 0 Å². The highest BCUT2D eigenvalue weighted by atomic mass is 16.5. The van der Waals surface area contributed by atoms with Crippen molar-refractivity contribution in [2.45, 2.75) is 39.7 Å². The van der Waals surface area contributed by atoms with Crippen LogP contribution in [-0.2, 0) is 0 Å². The van der Waals surface area contributed by atoms with Gasteiger partial charge in [0.2, 0.25) is 0 Å². The first-order valence-corrected chi connectivity index (χ1v) is 7.18. The van der Waals surface area contributed by atoms with E-state index in [1.807, 2.05) is 32.0 Å². The summed E-state index contributed by atoms with van der Waals surface area (Å²) in [6.45, 7) is 11.3. The van der Waals surface area contributed by atoms with Crippen molar-refractivity contribution in [2.75, 3.05) is 13.2 Å². The molecule has 0 fully saturated rings. The lowest BCUT2D eigenvalue weighted by Crippen LogP contribution is -2.28. The summed E-state index contributed by atoms with van der Waals surface area (Å²) >= 11 is 0. The van der Waals surface area contributed by atoms with Gasteiger partial charge in [0.15, 0.2) is 11.5 Å². The normalized spacial score (nSPS) is 12.0. The van der Waals surface area contributed by atoms with E-state index in [-0.39, 0.29) is 6.04 Å². The topological polar surface area (TPSA) is 56.5 Å². The van der Waals surface area contributed by atoms with Gasteiger partial charge in [0.1, 0.15) is 0 Å². The smallest absolute Gasteiger partial charge is 0.161 e. The molecule has 1 atom stereocenters. The van der Waals surface area contributed by atoms with Gasteiger partial charge in [-0.2, -0.15) is 0 Å². The summed E-state index contributed by atoms with van der Waals surface area (Å²) in [5.74, 6) is 7.19. The van der Waals surface area contributed by atoms with Crippen LogP contribution in [0.15, 0.2) is 30.4 Å². The average Bonchev–Trinajstić information content (AvgIpc) is 2.46. The Labute approximate surface area is 121 Å². The number of rotatable bonds is 9. The van der Waals surface area contributed by atoms with E-state index < -0.39 is 0 Å². The quantitative estimate of drug-likeness (QED) is 0.413. The fourth-order valence-corrected chi connectivity index (χ4v) is 1.99. The Hall–Kier alpha value is -1.52. The Kier molecular flexibility index (Phi) is 7.12. The molecule has 20 heavy (non-hydrogen) atoms. The van der Waals surface area contributed by atoms with E-state index in [0.29, 0.717) is 13.2 Å². The van der Waals surface area contributed by atoms with Crippen LogP contribution in [0.25, 0.3) is 0 Å². The minimum absolute atomic E-state index is 0.0392. The van der Waals surface area contributed by atoms with E-state index in [2.05, 4.69) is 18.9 Å². The molecule has 4 nitrogen and oxygen atoms in total. The largest absolute Gasteiger partial charge is 0.490 e. The second-order valence-corrected chi connectivity index (χ2v) is 4.60. The fraction of sp³-hybridized carbons (Fsp3) is 0.500. The van der Waals surface area contributed by atoms with Gasteiger partial charge in [0, 0.05) is 6.04 Å². The zero-order chi connectivity index (χ0) is 15.0. The van der Waals surface area contributed by atoms with E-state index in [1.54, 1.807) is 0 Å². The summed E-state index contributed by atoms with van der Waals surface area (Å²) < 4.78 is 11.2. The van der Waals surface area contributed by atoms with Crippen LogP contribution in [0.3, 0.4) is 0 Å². The zero-order valence-electron chi connectivity index (χ0n) is 12.7. The molecule has 0 saturated carbocycles. The number of nitrogens with two attached hydrogens (primary N) is 1. The number of hydrogen-bond acceptors (Lipinski definition) is 4. The molecular formula is C16H26N2O2. The Bertz CT molecular complexity index is 432. The highest BCUT2D eigenvalue weighted by Crippen LogP contribution is 2.32. The zero-order valence-corrected chi connectivity index (χ0v) is 12.7. The summed E-state index contributed by atoms with van der Waals surface area (Å²) in [6, 6.07) is 5.98. The van der Waals surface area contributed by atoms with E-state index in [4.69, 9.17) is 15.3 Å². The average molecular weight is 278 g/mol. The number of hydrazine groups is 1. The lowest BCUT2D eigenvalue weighted by molar-refractivity contribution is 0.287. The first-order chi connectivity index (χ1) is 9.65. The van der Waals surface area contributed by atoms with Gasteiger partial charge < -0.3 is 9.47 Å². The third kappa shape index (κ3) is 4.54. The van der Waals surface area contributed by atoms with Gasteiger partial charge in [-0.1, -0.05) is 25.1 Å². The molecule has 1 unspecified atom stereocenters. The van der Waals surface area contributed by atoms with Crippen LogP contribution in [0, 0.1) is 0 Å². The van der Waals surface area contributed by atoms with Crippen molar-refractivity contribution in [3.8, 4) is 11.5 Å². The van der Waals surface area contributed by atoms with Crippen molar-refractivity contribution in [1.82, 2.24) is 5.43 Å². The molecule has 0 radical (unpaired) electrons. The minimum atomic E-state index is 0.0392. The predicted octanol–water partition coefficient (Wildman–Crippen LogP) is 3.34. The number of hydrogen-bond donors (Lipinski definition) is 2. The second kappa shape index (κ2) is 8.61. The van der Waals surface area contributed by atoms with Gasteiger partial charge >= 0.3 is 0 Å². The summed E-state index contributed by atoms with van der Waals surface area (Å²) in [5.41, 5.74) is 5.09. The number of nitrogens with one attached hydrogen (secondary N) is 1. The van der Waals surface area contributed by atoms with Gasteiger partial charge in [-0.25, -0.2) is 0 Å². The van der Waals surface area contributed by atoms with Gasteiger partial charge in [-0.15, -0.1) is 0 Å². The summed E-state index contributed by atoms with van der Waals surface area (Å²) in [7, 11) is 0. The molecule has 1 aromatic rings. The maximum absolute atomic E-state index is 5.67. The molecule has 0 aliphatic heterocycles. The van der Waals surface area contributed by atoms with Crippen molar-refractivity contribution < 1.29 is 9.47 Å². The van der Waals surface area contributed by atoms with Crippen LogP contribution in [0.1, 0.15) is 45.2 Å². The highest BCUT2D eigenvalue weighted by molar-refractivity contribution is 5.44. The Morgan fingerprint density at radius 2 is 1.85 bits per heavy atom. The van der Waals surface area contributed by atoms with Gasteiger partial charge in [-0.05, 0) is 44.4 Å². The van der Waals surface area contributed by atoms with Crippen molar-refractivity contribution in [3.05, 3.63) is 35.9 Å². The summed E-state index contributed by atoms with van der Waals surface area (Å²) in [6.07, 6.45) is 1.76. The van der Waals surface area contributed by atoms with E-state index in [0.717, 1.165) is 29.9 Å². The third-order valence-electron chi connectivity index (χ3n) is 3.16. The van der Waals surface area contributed by atoms with Crippen LogP contribution in [0.5, 0.6) is 11.5 Å². The van der Waals surface area contributed by atoms with Crippen LogP contribution in [-0.4, -0.2) is 13.2 Å². The van der Waals surface area contributed by atoms with Gasteiger partial charge in [0.25, 0.3) is 0 Å². The van der Waals surface area contributed by atoms with Crippen molar-refractivity contribution >= 4 is 0 Å². The molecule has 0 aliphatic carbocycles. The van der Waals surface area contributed by atoms with Crippen molar-refractivity contribution in [3.63, 3.8) is 0 Å². The van der Waals surface area contributed by atoms with E-state index in [9.17, 15) is 0 Å². The molecule has 0 aliphatic rings. The van der Waals surface area contributed by atoms with Gasteiger partial charge in [-0.3, -0.25) is 11.3 Å². The number of ether oxygens (including phenoxy) is 2.